The zero-order valence-electron chi connectivity index (χ0n) is 15.9. The van der Waals surface area contributed by atoms with Gasteiger partial charge in [0.25, 0.3) is 0 Å². The predicted molar refractivity (Wildman–Crippen MR) is 95.7 cm³/mol. The average molecular weight is 416 g/mol. The quantitative estimate of drug-likeness (QED) is 0.721. The molecule has 1 fully saturated rings. The summed E-state index contributed by atoms with van der Waals surface area (Å²) in [7, 11) is 1.26. The first-order valence-corrected chi connectivity index (χ1v) is 9.10. The number of carbonyl (C=O) groups excluding carboxylic acids is 3. The summed E-state index contributed by atoms with van der Waals surface area (Å²) in [5, 5.41) is 2.83. The summed E-state index contributed by atoms with van der Waals surface area (Å²) >= 11 is 0. The van der Waals surface area contributed by atoms with Crippen LogP contribution in [0.4, 0.5) is 18.0 Å². The molecule has 1 unspecified atom stereocenters. The fraction of sp³-hybridized carbons (Fsp3) is 0.526. The summed E-state index contributed by atoms with van der Waals surface area (Å²) in [6.45, 7) is -1.41. The van der Waals surface area contributed by atoms with Crippen molar-refractivity contribution in [2.75, 3.05) is 26.8 Å². The molecule has 1 aromatic rings. The minimum Gasteiger partial charge on any atom is -0.469 e. The Morgan fingerprint density at radius 1 is 1.17 bits per heavy atom. The van der Waals surface area contributed by atoms with E-state index in [4.69, 9.17) is 0 Å². The molecule has 1 N–H and O–H groups in total. The van der Waals surface area contributed by atoms with Gasteiger partial charge in [0.1, 0.15) is 0 Å². The first kappa shape index (κ1) is 22.5. The molecule has 0 aliphatic carbocycles. The Bertz CT molecular complexity index is 704. The summed E-state index contributed by atoms with van der Waals surface area (Å²) < 4.78 is 45.4. The number of rotatable bonds is 6. The molecule has 160 valence electrons. The number of methoxy groups -OCH3 is 1. The highest BCUT2D eigenvalue weighted by atomic mass is 19.4. The molecular weight excluding hydrogens is 393 g/mol. The first-order valence-electron chi connectivity index (χ1n) is 9.10. The number of amides is 2. The number of likely N-dealkylation sites (tertiary alicyclic amines) is 1. The first-order chi connectivity index (χ1) is 13.7. The molecule has 0 saturated carbocycles. The zero-order chi connectivity index (χ0) is 21.4. The van der Waals surface area contributed by atoms with Crippen LogP contribution in [-0.2, 0) is 19.1 Å². The molecular formula is C19H23F3N2O5. The Morgan fingerprint density at radius 3 is 2.34 bits per heavy atom. The van der Waals surface area contributed by atoms with E-state index in [2.05, 4.69) is 14.8 Å². The molecule has 1 aromatic carbocycles. The normalized spacial score (nSPS) is 16.1. The average Bonchev–Trinajstić information content (AvgIpc) is 2.71. The summed E-state index contributed by atoms with van der Waals surface area (Å²) in [6, 6.07) is 8.40. The lowest BCUT2D eigenvalue weighted by Crippen LogP contribution is -2.44. The van der Waals surface area contributed by atoms with Crippen LogP contribution in [0.2, 0.25) is 0 Å². The second-order valence-electron chi connectivity index (χ2n) is 6.68. The topological polar surface area (TPSA) is 84.9 Å². The van der Waals surface area contributed by atoms with Gasteiger partial charge in [-0.15, -0.1) is 0 Å². The highest BCUT2D eigenvalue weighted by molar-refractivity contribution is 5.80. The number of benzene rings is 1. The van der Waals surface area contributed by atoms with E-state index in [-0.39, 0.29) is 38.3 Å². The molecule has 2 amide bonds. The standard InChI is InChI=1S/C19H23F3N2O5/c1-28-16(25)11-15(13-5-3-2-4-6-13)23-17(26)14-7-9-24(10-8-14)18(27)29-12-19(20,21)22/h2-6,14-15H,7-12H2,1H3,(H,23,26). The van der Waals surface area contributed by atoms with E-state index in [9.17, 15) is 27.6 Å². The van der Waals surface area contributed by atoms with Crippen LogP contribution in [0.5, 0.6) is 0 Å². The van der Waals surface area contributed by atoms with E-state index >= 15 is 0 Å². The van der Waals surface area contributed by atoms with Crippen molar-refractivity contribution in [3.05, 3.63) is 35.9 Å². The van der Waals surface area contributed by atoms with Crippen LogP contribution >= 0.6 is 0 Å². The third-order valence-corrected chi connectivity index (χ3v) is 4.60. The molecule has 0 aromatic heterocycles. The fourth-order valence-electron chi connectivity index (χ4n) is 3.04. The monoisotopic (exact) mass is 416 g/mol. The minimum atomic E-state index is -4.58. The molecule has 1 aliphatic heterocycles. The number of halogens is 3. The van der Waals surface area contributed by atoms with E-state index in [1.54, 1.807) is 24.3 Å². The van der Waals surface area contributed by atoms with Crippen molar-refractivity contribution in [1.29, 1.82) is 0 Å². The van der Waals surface area contributed by atoms with E-state index in [0.717, 1.165) is 10.5 Å². The number of piperidine rings is 1. The van der Waals surface area contributed by atoms with Gasteiger partial charge < -0.3 is 19.7 Å². The molecule has 1 aliphatic rings. The molecule has 1 heterocycles. The number of ether oxygens (including phenoxy) is 2. The molecule has 1 saturated heterocycles. The third-order valence-electron chi connectivity index (χ3n) is 4.60. The molecule has 0 spiro atoms. The van der Waals surface area contributed by atoms with Gasteiger partial charge in [-0.25, -0.2) is 4.79 Å². The van der Waals surface area contributed by atoms with Crippen molar-refractivity contribution in [2.24, 2.45) is 5.92 Å². The summed E-state index contributed by atoms with van der Waals surface area (Å²) in [6.07, 6.45) is -5.09. The van der Waals surface area contributed by atoms with E-state index in [1.807, 2.05) is 6.07 Å². The third kappa shape index (κ3) is 7.28. The molecule has 1 atom stereocenters. The van der Waals surface area contributed by atoms with Crippen molar-refractivity contribution < 1.29 is 37.0 Å². The number of hydrogen-bond donors (Lipinski definition) is 1. The maximum atomic E-state index is 12.6. The molecule has 7 nitrogen and oxygen atoms in total. The summed E-state index contributed by atoms with van der Waals surface area (Å²) in [5.41, 5.74) is 0.749. The number of nitrogens with one attached hydrogen (secondary N) is 1. The number of esters is 1. The Labute approximate surface area is 166 Å². The van der Waals surface area contributed by atoms with Crippen LogP contribution < -0.4 is 5.32 Å². The fourth-order valence-corrected chi connectivity index (χ4v) is 3.04. The molecule has 2 rings (SSSR count). The number of nitrogens with zero attached hydrogens (tertiary/aromatic N) is 1. The molecule has 0 radical (unpaired) electrons. The minimum absolute atomic E-state index is 0.0329. The van der Waals surface area contributed by atoms with E-state index < -0.39 is 36.8 Å². The Hall–Kier alpha value is -2.78. The van der Waals surface area contributed by atoms with E-state index in [1.165, 1.54) is 7.11 Å². The van der Waals surface area contributed by atoms with Crippen molar-refractivity contribution >= 4 is 18.0 Å². The Balaban J connectivity index is 1.90. The van der Waals surface area contributed by atoms with Gasteiger partial charge in [0.15, 0.2) is 6.61 Å². The van der Waals surface area contributed by atoms with Gasteiger partial charge in [0.2, 0.25) is 5.91 Å². The Kier molecular flexibility index (Phi) is 7.86. The largest absolute Gasteiger partial charge is 0.469 e. The van der Waals surface area contributed by atoms with Crippen LogP contribution in [-0.4, -0.2) is 55.9 Å². The lowest BCUT2D eigenvalue weighted by Gasteiger charge is -2.31. The number of alkyl halides is 3. The van der Waals surface area contributed by atoms with Gasteiger partial charge in [0.05, 0.1) is 19.6 Å². The van der Waals surface area contributed by atoms with Gasteiger partial charge in [-0.1, -0.05) is 30.3 Å². The van der Waals surface area contributed by atoms with Gasteiger partial charge in [-0.3, -0.25) is 9.59 Å². The summed E-state index contributed by atoms with van der Waals surface area (Å²) in [5.74, 6) is -1.18. The lowest BCUT2D eigenvalue weighted by molar-refractivity contribution is -0.162. The molecule has 0 bridgehead atoms. The van der Waals surface area contributed by atoms with Crippen LogP contribution in [0.15, 0.2) is 30.3 Å². The maximum Gasteiger partial charge on any atom is 0.422 e. The van der Waals surface area contributed by atoms with Gasteiger partial charge in [-0.05, 0) is 18.4 Å². The second-order valence-corrected chi connectivity index (χ2v) is 6.68. The van der Waals surface area contributed by atoms with Crippen molar-refractivity contribution in [3.8, 4) is 0 Å². The van der Waals surface area contributed by atoms with Gasteiger partial charge in [-0.2, -0.15) is 13.2 Å². The van der Waals surface area contributed by atoms with Gasteiger partial charge in [0, 0.05) is 19.0 Å². The van der Waals surface area contributed by atoms with Crippen LogP contribution in [0, 0.1) is 5.92 Å². The summed E-state index contributed by atoms with van der Waals surface area (Å²) in [4.78, 5) is 37.2. The van der Waals surface area contributed by atoms with Crippen molar-refractivity contribution in [2.45, 2.75) is 31.5 Å². The highest BCUT2D eigenvalue weighted by Crippen LogP contribution is 2.23. The Morgan fingerprint density at radius 2 is 1.79 bits per heavy atom. The predicted octanol–water partition coefficient (Wildman–Crippen LogP) is 2.82. The van der Waals surface area contributed by atoms with Crippen LogP contribution in [0.3, 0.4) is 0 Å². The van der Waals surface area contributed by atoms with Crippen LogP contribution in [0.25, 0.3) is 0 Å². The number of carbonyl (C=O) groups is 3. The number of hydrogen-bond acceptors (Lipinski definition) is 5. The molecule has 10 heteroatoms. The lowest BCUT2D eigenvalue weighted by atomic mass is 9.94. The van der Waals surface area contributed by atoms with Gasteiger partial charge >= 0.3 is 18.2 Å². The smallest absolute Gasteiger partial charge is 0.422 e. The molecule has 29 heavy (non-hydrogen) atoms. The zero-order valence-corrected chi connectivity index (χ0v) is 15.9. The SMILES string of the molecule is COC(=O)CC(NC(=O)C1CCN(C(=O)OCC(F)(F)F)CC1)c1ccccc1. The highest BCUT2D eigenvalue weighted by Gasteiger charge is 2.33. The second kappa shape index (κ2) is 10.1. The maximum absolute atomic E-state index is 12.6. The van der Waals surface area contributed by atoms with Crippen molar-refractivity contribution in [1.82, 2.24) is 10.2 Å². The van der Waals surface area contributed by atoms with Crippen molar-refractivity contribution in [3.63, 3.8) is 0 Å². The van der Waals surface area contributed by atoms with Crippen LogP contribution in [0.1, 0.15) is 30.9 Å². The van der Waals surface area contributed by atoms with E-state index in [0.29, 0.717) is 0 Å².